The summed E-state index contributed by atoms with van der Waals surface area (Å²) in [5, 5.41) is 2.37. The number of hydrogen-bond acceptors (Lipinski definition) is 4. The van der Waals surface area contributed by atoms with Crippen LogP contribution in [0.15, 0.2) is 41.2 Å². The first kappa shape index (κ1) is 18.7. The van der Waals surface area contributed by atoms with Crippen molar-refractivity contribution in [3.63, 3.8) is 0 Å². The number of carbonyl (C=O) groups excluding carboxylic acids is 1. The molecule has 1 atom stereocenters. The third-order valence-corrected chi connectivity index (χ3v) is 3.16. The first-order chi connectivity index (χ1) is 11.8. The number of carbonyl (C=O) groups is 1. The molecule has 9 heteroatoms. The van der Waals surface area contributed by atoms with Crippen molar-refractivity contribution in [2.24, 2.45) is 0 Å². The van der Waals surface area contributed by atoms with E-state index < -0.39 is 24.8 Å². The monoisotopic (exact) mass is 355 g/mol. The highest BCUT2D eigenvalue weighted by Crippen LogP contribution is 2.35. The van der Waals surface area contributed by atoms with Crippen LogP contribution in [0.5, 0.6) is 0 Å². The minimum Gasteiger partial charge on any atom is -0.354 e. The number of aromatic amines is 1. The van der Waals surface area contributed by atoms with Gasteiger partial charge in [-0.2, -0.15) is 13.2 Å². The molecule has 1 amide bonds. The molecule has 0 aliphatic rings. The molecule has 1 aromatic carbocycles. The van der Waals surface area contributed by atoms with Crippen molar-refractivity contribution in [3.8, 4) is 0 Å². The number of aromatic nitrogens is 2. The second kappa shape index (κ2) is 7.93. The van der Waals surface area contributed by atoms with Crippen LogP contribution in [0.3, 0.4) is 0 Å². The van der Waals surface area contributed by atoms with Gasteiger partial charge >= 0.3 is 6.18 Å². The Kier molecular flexibility index (Phi) is 5.92. The molecule has 1 heterocycles. The Morgan fingerprint density at radius 2 is 2.00 bits per heavy atom. The van der Waals surface area contributed by atoms with Gasteiger partial charge in [0.25, 0.3) is 5.56 Å². The minimum absolute atomic E-state index is 0.0883. The topological polar surface area (TPSA) is 84.1 Å². The zero-order chi connectivity index (χ0) is 18.4. The second-order valence-corrected chi connectivity index (χ2v) is 5.24. The van der Waals surface area contributed by atoms with Crippen LogP contribution in [0.25, 0.3) is 0 Å². The number of H-pyrrole nitrogens is 1. The van der Waals surface area contributed by atoms with E-state index in [9.17, 15) is 22.8 Å². The normalized spacial score (nSPS) is 12.6. The summed E-state index contributed by atoms with van der Waals surface area (Å²) < 4.78 is 44.0. The number of benzene rings is 1. The van der Waals surface area contributed by atoms with Crippen molar-refractivity contribution < 1.29 is 22.7 Å². The van der Waals surface area contributed by atoms with Gasteiger partial charge in [-0.1, -0.05) is 30.3 Å². The fourth-order valence-corrected chi connectivity index (χ4v) is 2.14. The van der Waals surface area contributed by atoms with Gasteiger partial charge in [0.15, 0.2) is 6.10 Å². The van der Waals surface area contributed by atoms with Gasteiger partial charge in [-0.05, 0) is 12.5 Å². The molecule has 6 nitrogen and oxygen atoms in total. The molecule has 0 radical (unpaired) electrons. The van der Waals surface area contributed by atoms with E-state index in [-0.39, 0.29) is 17.7 Å². The number of ether oxygens (including phenoxy) is 1. The largest absolute Gasteiger partial charge is 0.418 e. The highest BCUT2D eigenvalue weighted by atomic mass is 19.4. The lowest BCUT2D eigenvalue weighted by molar-refractivity contribution is -0.223. The average molecular weight is 355 g/mol. The van der Waals surface area contributed by atoms with E-state index in [0.717, 1.165) is 0 Å². The number of hydrogen-bond donors (Lipinski definition) is 2. The molecule has 2 N–H and O–H groups in total. The summed E-state index contributed by atoms with van der Waals surface area (Å²) in [6.45, 7) is 0.708. The summed E-state index contributed by atoms with van der Waals surface area (Å²) in [4.78, 5) is 29.5. The zero-order valence-electron chi connectivity index (χ0n) is 13.3. The lowest BCUT2D eigenvalue weighted by atomic mass is 10.1. The summed E-state index contributed by atoms with van der Waals surface area (Å²) >= 11 is 0. The van der Waals surface area contributed by atoms with E-state index >= 15 is 0 Å². The Balaban J connectivity index is 1.94. The van der Waals surface area contributed by atoms with Crippen molar-refractivity contribution >= 4 is 5.91 Å². The molecule has 0 aliphatic heterocycles. The smallest absolute Gasteiger partial charge is 0.354 e. The Morgan fingerprint density at radius 3 is 2.60 bits per heavy atom. The number of amides is 1. The number of rotatable bonds is 6. The van der Waals surface area contributed by atoms with E-state index in [1.807, 2.05) is 0 Å². The van der Waals surface area contributed by atoms with E-state index in [1.54, 1.807) is 13.0 Å². The lowest BCUT2D eigenvalue weighted by Crippen LogP contribution is -2.32. The second-order valence-electron chi connectivity index (χ2n) is 5.24. The molecule has 0 fully saturated rings. The van der Waals surface area contributed by atoms with Crippen LogP contribution in [-0.2, 0) is 16.1 Å². The zero-order valence-corrected chi connectivity index (χ0v) is 13.3. The number of alkyl halides is 3. The molecule has 2 rings (SSSR count). The van der Waals surface area contributed by atoms with Crippen molar-refractivity contribution in [1.82, 2.24) is 15.3 Å². The quantitative estimate of drug-likeness (QED) is 0.830. The SMILES string of the molecule is Cc1nc(CNC(=O)CO[C@@H](c2ccccc2)C(F)(F)F)cc(=O)[nH]1. The molecule has 0 aliphatic carbocycles. The average Bonchev–Trinajstić information content (AvgIpc) is 2.52. The fraction of sp³-hybridized carbons (Fsp3) is 0.312. The Labute approximate surface area is 141 Å². The van der Waals surface area contributed by atoms with Gasteiger partial charge in [0.1, 0.15) is 12.4 Å². The lowest BCUT2D eigenvalue weighted by Gasteiger charge is -2.21. The van der Waals surface area contributed by atoms with Gasteiger partial charge in [-0.15, -0.1) is 0 Å². The third-order valence-electron chi connectivity index (χ3n) is 3.16. The van der Waals surface area contributed by atoms with Crippen LogP contribution >= 0.6 is 0 Å². The van der Waals surface area contributed by atoms with E-state index in [4.69, 9.17) is 4.74 Å². The molecule has 0 bridgehead atoms. The molecule has 0 unspecified atom stereocenters. The van der Waals surface area contributed by atoms with E-state index in [1.165, 1.54) is 30.3 Å². The summed E-state index contributed by atoms with van der Waals surface area (Å²) in [7, 11) is 0. The van der Waals surface area contributed by atoms with Gasteiger partial charge in [0.2, 0.25) is 5.91 Å². The first-order valence-corrected chi connectivity index (χ1v) is 7.32. The van der Waals surface area contributed by atoms with Gasteiger partial charge < -0.3 is 15.0 Å². The van der Waals surface area contributed by atoms with Gasteiger partial charge in [-0.3, -0.25) is 9.59 Å². The van der Waals surface area contributed by atoms with Crippen molar-refractivity contribution in [2.75, 3.05) is 6.61 Å². The van der Waals surface area contributed by atoms with Crippen LogP contribution in [0.2, 0.25) is 0 Å². The van der Waals surface area contributed by atoms with Crippen molar-refractivity contribution in [2.45, 2.75) is 25.7 Å². The Hall–Kier alpha value is -2.68. The molecule has 0 spiro atoms. The Bertz CT molecular complexity index is 775. The first-order valence-electron chi connectivity index (χ1n) is 7.32. The molecule has 134 valence electrons. The molecule has 0 saturated heterocycles. The van der Waals surface area contributed by atoms with Crippen molar-refractivity contribution in [3.05, 3.63) is 63.8 Å². The fourth-order valence-electron chi connectivity index (χ4n) is 2.14. The van der Waals surface area contributed by atoms with Crippen molar-refractivity contribution in [1.29, 1.82) is 0 Å². The van der Waals surface area contributed by atoms with E-state index in [2.05, 4.69) is 15.3 Å². The molecule has 2 aromatic rings. The summed E-state index contributed by atoms with van der Waals surface area (Å²) in [5.74, 6) is -0.376. The number of nitrogens with one attached hydrogen (secondary N) is 2. The molecule has 0 saturated carbocycles. The van der Waals surface area contributed by atoms with Crippen LogP contribution in [0.1, 0.15) is 23.2 Å². The predicted octanol–water partition coefficient (Wildman–Crippen LogP) is 2.01. The maximum absolute atomic E-state index is 13.1. The highest BCUT2D eigenvalue weighted by molar-refractivity contribution is 5.77. The van der Waals surface area contributed by atoms with Crippen LogP contribution in [-0.4, -0.2) is 28.7 Å². The molecular weight excluding hydrogens is 339 g/mol. The summed E-state index contributed by atoms with van der Waals surface area (Å²) in [6.07, 6.45) is -6.84. The number of aryl methyl sites for hydroxylation is 1. The Morgan fingerprint density at radius 1 is 1.32 bits per heavy atom. The minimum atomic E-state index is -4.65. The van der Waals surface area contributed by atoms with Gasteiger partial charge in [0.05, 0.1) is 12.2 Å². The standard InChI is InChI=1S/C16H16F3N3O3/c1-10-21-12(7-13(23)22-10)8-20-14(24)9-25-15(16(17,18)19)11-5-3-2-4-6-11/h2-7,15H,8-9H2,1H3,(H,20,24)(H,21,22,23)/t15-/m0/s1. The van der Waals surface area contributed by atoms with Crippen LogP contribution < -0.4 is 10.9 Å². The van der Waals surface area contributed by atoms with Gasteiger partial charge in [0, 0.05) is 6.07 Å². The predicted molar refractivity (Wildman–Crippen MR) is 82.6 cm³/mol. The summed E-state index contributed by atoms with van der Waals surface area (Å²) in [6, 6.07) is 8.24. The maximum Gasteiger partial charge on any atom is 0.418 e. The maximum atomic E-state index is 13.1. The number of halogens is 3. The van der Waals surface area contributed by atoms with Gasteiger partial charge in [-0.25, -0.2) is 4.98 Å². The third kappa shape index (κ3) is 5.71. The highest BCUT2D eigenvalue weighted by Gasteiger charge is 2.42. The molecule has 1 aromatic heterocycles. The van der Waals surface area contributed by atoms with E-state index in [0.29, 0.717) is 11.5 Å². The molecule has 25 heavy (non-hydrogen) atoms. The summed E-state index contributed by atoms with van der Waals surface area (Å²) in [5.41, 5.74) is -0.172. The molecular formula is C16H16F3N3O3. The van der Waals surface area contributed by atoms with Crippen LogP contribution in [0.4, 0.5) is 13.2 Å². The number of nitrogens with zero attached hydrogens (tertiary/aromatic N) is 1. The van der Waals surface area contributed by atoms with Crippen LogP contribution in [0, 0.1) is 6.92 Å².